The first-order valence-corrected chi connectivity index (χ1v) is 7.66. The second kappa shape index (κ2) is 6.12. The van der Waals surface area contributed by atoms with E-state index in [1.807, 2.05) is 12.1 Å². The summed E-state index contributed by atoms with van der Waals surface area (Å²) in [6.45, 7) is 6.94. The lowest BCUT2D eigenvalue weighted by atomic mass is 10.0. The fourth-order valence-corrected chi connectivity index (χ4v) is 3.48. The molecular formula is C15H22ClN3. The first-order valence-electron chi connectivity index (χ1n) is 7.29. The van der Waals surface area contributed by atoms with E-state index in [0.29, 0.717) is 0 Å². The summed E-state index contributed by atoms with van der Waals surface area (Å²) in [5.41, 5.74) is 1.20. The summed E-state index contributed by atoms with van der Waals surface area (Å²) in [6, 6.07) is 8.95. The predicted octanol–water partition coefficient (Wildman–Crippen LogP) is 2.21. The molecule has 3 nitrogen and oxygen atoms in total. The van der Waals surface area contributed by atoms with Crippen LogP contribution < -0.4 is 10.2 Å². The molecular weight excluding hydrogens is 258 g/mol. The Hall–Kier alpha value is -0.770. The number of nitrogens with zero attached hydrogens (tertiary/aromatic N) is 2. The van der Waals surface area contributed by atoms with E-state index < -0.39 is 0 Å². The Balaban J connectivity index is 1.58. The molecule has 19 heavy (non-hydrogen) atoms. The number of hydrogen-bond acceptors (Lipinski definition) is 3. The van der Waals surface area contributed by atoms with Crippen LogP contribution in [-0.2, 0) is 0 Å². The van der Waals surface area contributed by atoms with Gasteiger partial charge in [0.15, 0.2) is 0 Å². The third-order valence-electron chi connectivity index (χ3n) is 4.33. The molecule has 2 fully saturated rings. The van der Waals surface area contributed by atoms with Gasteiger partial charge in [-0.1, -0.05) is 23.7 Å². The Morgan fingerprint density at radius 2 is 1.68 bits per heavy atom. The van der Waals surface area contributed by atoms with E-state index in [9.17, 15) is 0 Å². The van der Waals surface area contributed by atoms with Gasteiger partial charge in [0.2, 0.25) is 0 Å². The molecule has 0 aromatic heterocycles. The molecule has 2 aliphatic rings. The zero-order valence-electron chi connectivity index (χ0n) is 11.3. The maximum atomic E-state index is 6.28. The van der Waals surface area contributed by atoms with E-state index in [0.717, 1.165) is 37.2 Å². The number of para-hydroxylation sites is 1. The van der Waals surface area contributed by atoms with Crippen molar-refractivity contribution in [3.63, 3.8) is 0 Å². The van der Waals surface area contributed by atoms with Gasteiger partial charge in [0.1, 0.15) is 0 Å². The average Bonchev–Trinajstić information content (AvgIpc) is 2.49. The van der Waals surface area contributed by atoms with Gasteiger partial charge in [0, 0.05) is 45.3 Å². The van der Waals surface area contributed by atoms with Gasteiger partial charge in [-0.3, -0.25) is 4.90 Å². The third kappa shape index (κ3) is 3.04. The van der Waals surface area contributed by atoms with Crippen molar-refractivity contribution in [2.75, 3.05) is 44.2 Å². The fourth-order valence-electron chi connectivity index (χ4n) is 3.23. The van der Waals surface area contributed by atoms with Crippen LogP contribution in [0.2, 0.25) is 5.02 Å². The highest BCUT2D eigenvalue weighted by Gasteiger charge is 2.26. The van der Waals surface area contributed by atoms with Crippen molar-refractivity contribution in [1.82, 2.24) is 10.2 Å². The maximum Gasteiger partial charge on any atom is 0.0639 e. The SMILES string of the molecule is Clc1ccccc1N1CCC(N2CCNCC2)CC1. The molecule has 0 unspecified atom stereocenters. The third-order valence-corrected chi connectivity index (χ3v) is 4.65. The second-order valence-electron chi connectivity index (χ2n) is 5.46. The molecule has 0 bridgehead atoms. The first-order chi connectivity index (χ1) is 9.34. The van der Waals surface area contributed by atoms with Crippen LogP contribution >= 0.6 is 11.6 Å². The molecule has 3 rings (SSSR count). The summed E-state index contributed by atoms with van der Waals surface area (Å²) in [5, 5.41) is 4.30. The Bertz CT molecular complexity index is 410. The van der Waals surface area contributed by atoms with Crippen LogP contribution in [-0.4, -0.2) is 50.2 Å². The van der Waals surface area contributed by atoms with Gasteiger partial charge in [0.05, 0.1) is 10.7 Å². The molecule has 104 valence electrons. The number of nitrogens with one attached hydrogen (secondary N) is 1. The van der Waals surface area contributed by atoms with Crippen molar-refractivity contribution in [2.45, 2.75) is 18.9 Å². The van der Waals surface area contributed by atoms with Gasteiger partial charge >= 0.3 is 0 Å². The number of benzene rings is 1. The van der Waals surface area contributed by atoms with Crippen molar-refractivity contribution in [3.05, 3.63) is 29.3 Å². The summed E-state index contributed by atoms with van der Waals surface area (Å²) in [7, 11) is 0. The van der Waals surface area contributed by atoms with Crippen LogP contribution in [0.1, 0.15) is 12.8 Å². The molecule has 0 aliphatic carbocycles. The Morgan fingerprint density at radius 3 is 2.37 bits per heavy atom. The largest absolute Gasteiger partial charge is 0.370 e. The minimum absolute atomic E-state index is 0.765. The van der Waals surface area contributed by atoms with Gasteiger partial charge in [-0.15, -0.1) is 0 Å². The zero-order chi connectivity index (χ0) is 13.1. The van der Waals surface area contributed by atoms with Gasteiger partial charge in [-0.2, -0.15) is 0 Å². The molecule has 1 aromatic carbocycles. The minimum atomic E-state index is 0.765. The maximum absolute atomic E-state index is 6.28. The highest BCUT2D eigenvalue weighted by molar-refractivity contribution is 6.33. The van der Waals surface area contributed by atoms with Crippen molar-refractivity contribution in [3.8, 4) is 0 Å². The summed E-state index contributed by atoms with van der Waals surface area (Å²) in [6.07, 6.45) is 2.51. The number of hydrogen-bond donors (Lipinski definition) is 1. The van der Waals surface area contributed by atoms with Crippen molar-refractivity contribution < 1.29 is 0 Å². The van der Waals surface area contributed by atoms with E-state index in [1.54, 1.807) is 0 Å². The number of halogens is 1. The van der Waals surface area contributed by atoms with E-state index in [-0.39, 0.29) is 0 Å². The van der Waals surface area contributed by atoms with Gasteiger partial charge in [-0.05, 0) is 25.0 Å². The first kappa shape index (κ1) is 13.2. The van der Waals surface area contributed by atoms with Crippen LogP contribution in [0.5, 0.6) is 0 Å². The van der Waals surface area contributed by atoms with Gasteiger partial charge < -0.3 is 10.2 Å². The lowest BCUT2D eigenvalue weighted by Gasteiger charge is -2.41. The van der Waals surface area contributed by atoms with Crippen molar-refractivity contribution in [1.29, 1.82) is 0 Å². The lowest BCUT2D eigenvalue weighted by molar-refractivity contribution is 0.150. The van der Waals surface area contributed by atoms with E-state index >= 15 is 0 Å². The van der Waals surface area contributed by atoms with Crippen LogP contribution in [0.3, 0.4) is 0 Å². The van der Waals surface area contributed by atoms with Crippen LogP contribution in [0.25, 0.3) is 0 Å². The average molecular weight is 280 g/mol. The standard InChI is InChI=1S/C15H22ClN3/c16-14-3-1-2-4-15(14)19-9-5-13(6-10-19)18-11-7-17-8-12-18/h1-4,13,17H,5-12H2. The molecule has 4 heteroatoms. The summed E-state index contributed by atoms with van der Waals surface area (Å²) in [4.78, 5) is 5.08. The van der Waals surface area contributed by atoms with Crippen LogP contribution in [0.15, 0.2) is 24.3 Å². The smallest absolute Gasteiger partial charge is 0.0639 e. The van der Waals surface area contributed by atoms with Crippen molar-refractivity contribution >= 4 is 17.3 Å². The highest BCUT2D eigenvalue weighted by atomic mass is 35.5. The molecule has 0 atom stereocenters. The highest BCUT2D eigenvalue weighted by Crippen LogP contribution is 2.28. The van der Waals surface area contributed by atoms with Crippen LogP contribution in [0.4, 0.5) is 5.69 Å². The molecule has 0 amide bonds. The quantitative estimate of drug-likeness (QED) is 0.896. The Labute approximate surface area is 120 Å². The number of piperazine rings is 1. The Morgan fingerprint density at radius 1 is 1.00 bits per heavy atom. The van der Waals surface area contributed by atoms with E-state index in [2.05, 4.69) is 27.2 Å². The predicted molar refractivity (Wildman–Crippen MR) is 81.1 cm³/mol. The van der Waals surface area contributed by atoms with Gasteiger partial charge in [-0.25, -0.2) is 0 Å². The van der Waals surface area contributed by atoms with Gasteiger partial charge in [0.25, 0.3) is 0 Å². The normalized spacial score (nSPS) is 22.7. The number of anilines is 1. The molecule has 1 N–H and O–H groups in total. The van der Waals surface area contributed by atoms with Crippen molar-refractivity contribution in [2.24, 2.45) is 0 Å². The summed E-state index contributed by atoms with van der Waals surface area (Å²) in [5.74, 6) is 0. The molecule has 2 aliphatic heterocycles. The molecule has 1 aromatic rings. The zero-order valence-corrected chi connectivity index (χ0v) is 12.1. The molecule has 0 saturated carbocycles. The van der Waals surface area contributed by atoms with E-state index in [4.69, 9.17) is 11.6 Å². The van der Waals surface area contributed by atoms with E-state index in [1.165, 1.54) is 31.6 Å². The molecule has 0 radical (unpaired) electrons. The summed E-state index contributed by atoms with van der Waals surface area (Å²) < 4.78 is 0. The monoisotopic (exact) mass is 279 g/mol. The summed E-state index contributed by atoms with van der Waals surface area (Å²) >= 11 is 6.28. The van der Waals surface area contributed by atoms with Crippen LogP contribution in [0, 0.1) is 0 Å². The lowest BCUT2D eigenvalue weighted by Crippen LogP contribution is -2.52. The topological polar surface area (TPSA) is 18.5 Å². The number of rotatable bonds is 2. The fraction of sp³-hybridized carbons (Fsp3) is 0.600. The molecule has 0 spiro atoms. The molecule has 2 heterocycles. The second-order valence-corrected chi connectivity index (χ2v) is 5.86. The minimum Gasteiger partial charge on any atom is -0.370 e. The Kier molecular flexibility index (Phi) is 4.26. The molecule has 2 saturated heterocycles. The number of piperidine rings is 1.